The fraction of sp³-hybridized carbons (Fsp3) is 0.455. The van der Waals surface area contributed by atoms with Crippen molar-refractivity contribution in [2.24, 2.45) is 5.41 Å². The van der Waals surface area contributed by atoms with Crippen LogP contribution in [0.25, 0.3) is 0 Å². The molecule has 0 saturated heterocycles. The molecular weight excluding hydrogens is 378 g/mol. The van der Waals surface area contributed by atoms with E-state index in [2.05, 4.69) is 19.2 Å². The number of rotatable bonds is 4. The van der Waals surface area contributed by atoms with Crippen molar-refractivity contribution in [1.82, 2.24) is 5.32 Å². The lowest BCUT2D eigenvalue weighted by atomic mass is 9.68. The number of benzene rings is 1. The third kappa shape index (κ3) is 3.68. The van der Waals surface area contributed by atoms with E-state index in [1.54, 1.807) is 26.2 Å². The van der Waals surface area contributed by atoms with Crippen LogP contribution in [0.15, 0.2) is 40.7 Å². The second kappa shape index (κ2) is 7.63. The Morgan fingerprint density at radius 3 is 2.64 bits per heavy atom. The van der Waals surface area contributed by atoms with Gasteiger partial charge in [0.05, 0.1) is 24.3 Å². The van der Waals surface area contributed by atoms with E-state index in [0.29, 0.717) is 34.0 Å². The lowest BCUT2D eigenvalue weighted by molar-refractivity contribution is -0.138. The van der Waals surface area contributed by atoms with E-state index in [4.69, 9.17) is 21.1 Å². The highest BCUT2D eigenvalue weighted by atomic mass is 35.5. The number of ether oxygens (including phenoxy) is 2. The van der Waals surface area contributed by atoms with Crippen LogP contribution in [0.4, 0.5) is 0 Å². The number of ketones is 1. The molecule has 5 nitrogen and oxygen atoms in total. The summed E-state index contributed by atoms with van der Waals surface area (Å²) < 4.78 is 10.6. The van der Waals surface area contributed by atoms with E-state index in [-0.39, 0.29) is 17.8 Å². The van der Waals surface area contributed by atoms with Crippen molar-refractivity contribution < 1.29 is 19.1 Å². The predicted molar refractivity (Wildman–Crippen MR) is 108 cm³/mol. The number of carbonyl (C=O) groups is 2. The number of allylic oxidation sites excluding steroid dienone is 3. The SMILES string of the molecule is CCOC(=O)C1=C(C)NC2=C(C(=O)CC(C)(C)C2)[C@H]1c1ccc(OC)c(Cl)c1. The maximum absolute atomic E-state index is 13.1. The molecule has 0 unspecified atom stereocenters. The van der Waals surface area contributed by atoms with E-state index in [1.807, 2.05) is 13.0 Å². The predicted octanol–water partition coefficient (Wildman–Crippen LogP) is 4.52. The van der Waals surface area contributed by atoms with Crippen LogP contribution in [-0.4, -0.2) is 25.5 Å². The Balaban J connectivity index is 2.19. The molecular formula is C22H26ClNO4. The van der Waals surface area contributed by atoms with Gasteiger partial charge >= 0.3 is 5.97 Å². The van der Waals surface area contributed by atoms with Crippen LogP contribution in [0.1, 0.15) is 52.0 Å². The van der Waals surface area contributed by atoms with E-state index in [9.17, 15) is 9.59 Å². The highest BCUT2D eigenvalue weighted by Gasteiger charge is 2.43. The zero-order chi connectivity index (χ0) is 20.6. The quantitative estimate of drug-likeness (QED) is 0.749. The van der Waals surface area contributed by atoms with Gasteiger partial charge in [-0.2, -0.15) is 0 Å². The minimum absolute atomic E-state index is 0.0463. The van der Waals surface area contributed by atoms with Gasteiger partial charge in [-0.3, -0.25) is 4.79 Å². The summed E-state index contributed by atoms with van der Waals surface area (Å²) in [6.45, 7) is 8.03. The summed E-state index contributed by atoms with van der Waals surface area (Å²) >= 11 is 6.36. The Bertz CT molecular complexity index is 898. The van der Waals surface area contributed by atoms with Crippen LogP contribution in [0.2, 0.25) is 5.02 Å². The highest BCUT2D eigenvalue weighted by Crippen LogP contribution is 2.47. The first-order valence-electron chi connectivity index (χ1n) is 9.43. The Labute approximate surface area is 170 Å². The van der Waals surface area contributed by atoms with Crippen molar-refractivity contribution in [3.63, 3.8) is 0 Å². The molecule has 0 fully saturated rings. The fourth-order valence-electron chi connectivity index (χ4n) is 4.11. The monoisotopic (exact) mass is 403 g/mol. The number of dihydropyridines is 1. The van der Waals surface area contributed by atoms with Gasteiger partial charge in [0.25, 0.3) is 0 Å². The van der Waals surface area contributed by atoms with E-state index in [1.165, 1.54) is 0 Å². The Kier molecular flexibility index (Phi) is 5.57. The van der Waals surface area contributed by atoms with Crippen molar-refractivity contribution in [2.45, 2.75) is 46.5 Å². The number of Topliss-reactive ketones (excluding diaryl/α,β-unsaturated/α-hetero) is 1. The number of esters is 1. The van der Waals surface area contributed by atoms with Crippen LogP contribution in [-0.2, 0) is 14.3 Å². The third-order valence-electron chi connectivity index (χ3n) is 5.24. The first kappa shape index (κ1) is 20.5. The molecule has 1 aromatic carbocycles. The van der Waals surface area contributed by atoms with Gasteiger partial charge in [-0.15, -0.1) is 0 Å². The highest BCUT2D eigenvalue weighted by molar-refractivity contribution is 6.32. The van der Waals surface area contributed by atoms with Gasteiger partial charge < -0.3 is 14.8 Å². The number of hydrogen-bond acceptors (Lipinski definition) is 5. The van der Waals surface area contributed by atoms with E-state index in [0.717, 1.165) is 17.7 Å². The van der Waals surface area contributed by atoms with Crippen LogP contribution < -0.4 is 10.1 Å². The van der Waals surface area contributed by atoms with Gasteiger partial charge in [0.2, 0.25) is 0 Å². The van der Waals surface area contributed by atoms with Crippen molar-refractivity contribution >= 4 is 23.4 Å². The summed E-state index contributed by atoms with van der Waals surface area (Å²) in [6.07, 6.45) is 1.17. The van der Waals surface area contributed by atoms with Gasteiger partial charge in [0.15, 0.2) is 5.78 Å². The molecule has 0 saturated carbocycles. The van der Waals surface area contributed by atoms with Gasteiger partial charge in [-0.05, 0) is 43.4 Å². The van der Waals surface area contributed by atoms with Crippen LogP contribution in [0.5, 0.6) is 5.75 Å². The molecule has 1 aliphatic heterocycles. The molecule has 150 valence electrons. The largest absolute Gasteiger partial charge is 0.495 e. The second-order valence-electron chi connectivity index (χ2n) is 8.04. The van der Waals surface area contributed by atoms with Crippen LogP contribution in [0, 0.1) is 5.41 Å². The molecule has 1 atom stereocenters. The topological polar surface area (TPSA) is 64.6 Å². The minimum atomic E-state index is -0.512. The summed E-state index contributed by atoms with van der Waals surface area (Å²) in [5, 5.41) is 3.75. The number of carbonyl (C=O) groups excluding carboxylic acids is 2. The molecule has 0 aromatic heterocycles. The lowest BCUT2D eigenvalue weighted by Gasteiger charge is -2.39. The first-order valence-corrected chi connectivity index (χ1v) is 9.81. The van der Waals surface area contributed by atoms with E-state index >= 15 is 0 Å². The zero-order valence-electron chi connectivity index (χ0n) is 16.9. The lowest BCUT2D eigenvalue weighted by Crippen LogP contribution is -2.38. The normalized spacial score (nSPS) is 21.2. The molecule has 1 heterocycles. The second-order valence-corrected chi connectivity index (χ2v) is 8.45. The number of methoxy groups -OCH3 is 1. The summed E-state index contributed by atoms with van der Waals surface area (Å²) in [4.78, 5) is 25.9. The molecule has 1 N–H and O–H groups in total. The van der Waals surface area contributed by atoms with Gasteiger partial charge in [-0.25, -0.2) is 4.79 Å². The number of hydrogen-bond donors (Lipinski definition) is 1. The van der Waals surface area contributed by atoms with Gasteiger partial charge in [-0.1, -0.05) is 31.5 Å². The molecule has 0 radical (unpaired) electrons. The molecule has 0 bridgehead atoms. The third-order valence-corrected chi connectivity index (χ3v) is 5.54. The average Bonchev–Trinajstić information content (AvgIpc) is 2.59. The van der Waals surface area contributed by atoms with Crippen molar-refractivity contribution in [1.29, 1.82) is 0 Å². The van der Waals surface area contributed by atoms with E-state index < -0.39 is 11.9 Å². The molecule has 0 spiro atoms. The van der Waals surface area contributed by atoms with Crippen LogP contribution >= 0.6 is 11.6 Å². The van der Waals surface area contributed by atoms with Crippen molar-refractivity contribution in [2.75, 3.05) is 13.7 Å². The molecule has 3 rings (SSSR count). The average molecular weight is 404 g/mol. The standard InChI is InChI=1S/C22H26ClNO4/c1-6-28-21(26)18-12(2)24-15-10-22(3,4)11-16(25)20(15)19(18)13-7-8-17(27-5)14(23)9-13/h7-9,19,24H,6,10-11H2,1-5H3/t19-/m0/s1. The van der Waals surface area contributed by atoms with Crippen molar-refractivity contribution in [3.05, 3.63) is 51.3 Å². The maximum atomic E-state index is 13.1. The molecule has 1 aromatic rings. The Morgan fingerprint density at radius 1 is 1.32 bits per heavy atom. The Hall–Kier alpha value is -2.27. The molecule has 1 aliphatic carbocycles. The van der Waals surface area contributed by atoms with Gasteiger partial charge in [0, 0.05) is 29.3 Å². The zero-order valence-corrected chi connectivity index (χ0v) is 17.7. The summed E-state index contributed by atoms with van der Waals surface area (Å²) in [6, 6.07) is 5.38. The minimum Gasteiger partial charge on any atom is -0.495 e. The summed E-state index contributed by atoms with van der Waals surface area (Å²) in [5.74, 6) is -0.344. The molecule has 2 aliphatic rings. The number of halogens is 1. The number of nitrogens with one attached hydrogen (secondary N) is 1. The van der Waals surface area contributed by atoms with Gasteiger partial charge in [0.1, 0.15) is 5.75 Å². The summed E-state index contributed by atoms with van der Waals surface area (Å²) in [5.41, 5.74) is 3.31. The maximum Gasteiger partial charge on any atom is 0.336 e. The Morgan fingerprint density at radius 2 is 2.04 bits per heavy atom. The van der Waals surface area contributed by atoms with Crippen LogP contribution in [0.3, 0.4) is 0 Å². The molecule has 0 amide bonds. The summed E-state index contributed by atoms with van der Waals surface area (Å²) in [7, 11) is 1.55. The molecule has 28 heavy (non-hydrogen) atoms. The first-order chi connectivity index (χ1) is 13.2. The molecule has 6 heteroatoms. The fourth-order valence-corrected chi connectivity index (χ4v) is 4.38. The smallest absolute Gasteiger partial charge is 0.336 e. The van der Waals surface area contributed by atoms with Crippen molar-refractivity contribution in [3.8, 4) is 5.75 Å².